The number of amides is 1. The quantitative estimate of drug-likeness (QED) is 0.701. The lowest BCUT2D eigenvalue weighted by Gasteiger charge is -2.29. The van der Waals surface area contributed by atoms with Crippen molar-refractivity contribution in [2.45, 2.75) is 32.7 Å². The summed E-state index contributed by atoms with van der Waals surface area (Å²) in [6.07, 6.45) is 2.37. The molecule has 1 unspecified atom stereocenters. The lowest BCUT2D eigenvalue weighted by atomic mass is 10.1. The van der Waals surface area contributed by atoms with Gasteiger partial charge in [-0.15, -0.1) is 12.4 Å². The van der Waals surface area contributed by atoms with Gasteiger partial charge in [0.25, 0.3) is 5.91 Å². The van der Waals surface area contributed by atoms with Crippen molar-refractivity contribution in [3.63, 3.8) is 0 Å². The topological polar surface area (TPSA) is 41.6 Å². The minimum Gasteiger partial charge on any atom is -0.483 e. The van der Waals surface area contributed by atoms with Gasteiger partial charge in [-0.3, -0.25) is 9.69 Å². The van der Waals surface area contributed by atoms with Crippen molar-refractivity contribution in [1.29, 1.82) is 0 Å². The molecule has 28 heavy (non-hydrogen) atoms. The fraction of sp³-hybridized carbons (Fsp3) is 0.409. The van der Waals surface area contributed by atoms with Crippen LogP contribution in [0.15, 0.2) is 42.5 Å². The molecule has 1 aliphatic heterocycles. The van der Waals surface area contributed by atoms with E-state index in [1.54, 1.807) is 0 Å². The highest BCUT2D eigenvalue weighted by Gasteiger charge is 2.25. The van der Waals surface area contributed by atoms with Gasteiger partial charge < -0.3 is 10.1 Å². The molecule has 6 heteroatoms. The summed E-state index contributed by atoms with van der Waals surface area (Å²) in [5, 5.41) is 3.77. The van der Waals surface area contributed by atoms with E-state index in [0.29, 0.717) is 6.54 Å². The third-order valence-electron chi connectivity index (χ3n) is 5.25. The van der Waals surface area contributed by atoms with E-state index in [0.717, 1.165) is 40.6 Å². The van der Waals surface area contributed by atoms with Gasteiger partial charge in [-0.25, -0.2) is 0 Å². The Morgan fingerprint density at radius 2 is 1.86 bits per heavy atom. The monoisotopic (exact) mass is 422 g/mol. The third-order valence-corrected chi connectivity index (χ3v) is 5.60. The number of rotatable bonds is 7. The largest absolute Gasteiger partial charge is 0.483 e. The molecule has 1 N–H and O–H groups in total. The molecule has 3 rings (SSSR count). The van der Waals surface area contributed by atoms with Crippen molar-refractivity contribution in [1.82, 2.24) is 10.2 Å². The van der Waals surface area contributed by atoms with Crippen LogP contribution >= 0.6 is 24.0 Å². The standard InChI is InChI=1S/C22H27ClN2O2.ClH/c1-16-8-7-11-21(17(16)2)27-15-22(26)24-14-20(25-12-5-6-13-25)18-9-3-4-10-19(18)23;/h3-4,7-11,20H,5-6,12-15H2,1-2H3,(H,24,26);1H. The molecular weight excluding hydrogens is 395 g/mol. The SMILES string of the molecule is Cc1cccc(OCC(=O)NCC(c2ccccc2Cl)N2CCCC2)c1C.Cl. The number of halogens is 2. The fourth-order valence-corrected chi connectivity index (χ4v) is 3.78. The number of hydrogen-bond acceptors (Lipinski definition) is 3. The van der Waals surface area contributed by atoms with Crippen molar-refractivity contribution in [3.8, 4) is 5.75 Å². The van der Waals surface area contributed by atoms with Crippen LogP contribution in [-0.4, -0.2) is 37.0 Å². The van der Waals surface area contributed by atoms with Gasteiger partial charge in [0.05, 0.1) is 6.04 Å². The summed E-state index contributed by atoms with van der Waals surface area (Å²) >= 11 is 6.42. The predicted molar refractivity (Wildman–Crippen MR) is 117 cm³/mol. The van der Waals surface area contributed by atoms with Crippen LogP contribution in [-0.2, 0) is 4.79 Å². The molecule has 2 aromatic rings. The molecule has 0 spiro atoms. The average molecular weight is 423 g/mol. The number of nitrogens with zero attached hydrogens (tertiary/aromatic N) is 1. The second kappa shape index (κ2) is 10.7. The van der Waals surface area contributed by atoms with Crippen LogP contribution in [0.25, 0.3) is 0 Å². The maximum Gasteiger partial charge on any atom is 0.258 e. The van der Waals surface area contributed by atoms with E-state index < -0.39 is 0 Å². The average Bonchev–Trinajstić information content (AvgIpc) is 3.19. The molecule has 0 saturated carbocycles. The Kier molecular flexibility index (Phi) is 8.61. The van der Waals surface area contributed by atoms with Gasteiger partial charge in [-0.05, 0) is 68.6 Å². The van der Waals surface area contributed by atoms with Crippen LogP contribution in [0.2, 0.25) is 5.02 Å². The van der Waals surface area contributed by atoms with Gasteiger partial charge in [0, 0.05) is 11.6 Å². The van der Waals surface area contributed by atoms with Gasteiger partial charge in [0.2, 0.25) is 0 Å². The van der Waals surface area contributed by atoms with E-state index >= 15 is 0 Å². The number of aryl methyl sites for hydroxylation is 1. The summed E-state index contributed by atoms with van der Waals surface area (Å²) in [4.78, 5) is 14.8. The molecule has 152 valence electrons. The van der Waals surface area contributed by atoms with Crippen LogP contribution in [0, 0.1) is 13.8 Å². The predicted octanol–water partition coefficient (Wildman–Crippen LogP) is 4.71. The summed E-state index contributed by atoms with van der Waals surface area (Å²) in [6, 6.07) is 13.8. The molecule has 0 aliphatic carbocycles. The highest BCUT2D eigenvalue weighted by atomic mass is 35.5. The number of carbonyl (C=O) groups excluding carboxylic acids is 1. The zero-order valence-corrected chi connectivity index (χ0v) is 18.0. The highest BCUT2D eigenvalue weighted by Crippen LogP contribution is 2.29. The maximum absolute atomic E-state index is 12.4. The Morgan fingerprint density at radius 1 is 1.14 bits per heavy atom. The summed E-state index contributed by atoms with van der Waals surface area (Å²) in [6.45, 7) is 6.64. The van der Waals surface area contributed by atoms with Crippen molar-refractivity contribution in [2.75, 3.05) is 26.2 Å². The van der Waals surface area contributed by atoms with Crippen LogP contribution in [0.3, 0.4) is 0 Å². The zero-order valence-electron chi connectivity index (χ0n) is 16.4. The van der Waals surface area contributed by atoms with Crippen LogP contribution < -0.4 is 10.1 Å². The number of nitrogens with one attached hydrogen (secondary N) is 1. The molecule has 1 amide bonds. The molecule has 0 bridgehead atoms. The Labute approximate surface area is 178 Å². The van der Waals surface area contributed by atoms with E-state index in [2.05, 4.69) is 10.2 Å². The van der Waals surface area contributed by atoms with Crippen molar-refractivity contribution >= 4 is 29.9 Å². The van der Waals surface area contributed by atoms with E-state index in [1.165, 1.54) is 12.8 Å². The summed E-state index contributed by atoms with van der Waals surface area (Å²) in [5.41, 5.74) is 3.29. The van der Waals surface area contributed by atoms with Gasteiger partial charge in [0.1, 0.15) is 5.75 Å². The van der Waals surface area contributed by atoms with Crippen LogP contribution in [0.1, 0.15) is 35.6 Å². The molecule has 1 saturated heterocycles. The number of benzene rings is 2. The maximum atomic E-state index is 12.4. The molecule has 1 atom stereocenters. The normalized spacial score (nSPS) is 15.0. The Morgan fingerprint density at radius 3 is 2.57 bits per heavy atom. The first kappa shape index (κ1) is 22.5. The first-order chi connectivity index (χ1) is 13.1. The lowest BCUT2D eigenvalue weighted by molar-refractivity contribution is -0.123. The van der Waals surface area contributed by atoms with Crippen molar-refractivity contribution < 1.29 is 9.53 Å². The molecule has 0 radical (unpaired) electrons. The summed E-state index contributed by atoms with van der Waals surface area (Å²) < 4.78 is 5.71. The molecule has 0 aromatic heterocycles. The Bertz CT molecular complexity index is 792. The minimum absolute atomic E-state index is 0. The molecule has 2 aromatic carbocycles. The molecule has 1 fully saturated rings. The first-order valence-electron chi connectivity index (χ1n) is 9.50. The fourth-order valence-electron chi connectivity index (χ4n) is 3.52. The van der Waals surface area contributed by atoms with Crippen molar-refractivity contribution in [2.24, 2.45) is 0 Å². The number of likely N-dealkylation sites (tertiary alicyclic amines) is 1. The highest BCUT2D eigenvalue weighted by molar-refractivity contribution is 6.31. The van der Waals surface area contributed by atoms with E-state index in [9.17, 15) is 4.79 Å². The number of hydrogen-bond donors (Lipinski definition) is 1. The Balaban J connectivity index is 0.00000280. The van der Waals surface area contributed by atoms with E-state index in [4.69, 9.17) is 16.3 Å². The first-order valence-corrected chi connectivity index (χ1v) is 9.88. The number of carbonyl (C=O) groups is 1. The molecule has 4 nitrogen and oxygen atoms in total. The second-order valence-corrected chi connectivity index (χ2v) is 7.48. The van der Waals surface area contributed by atoms with Gasteiger partial charge in [0.15, 0.2) is 6.61 Å². The number of ether oxygens (including phenoxy) is 1. The molecule has 1 heterocycles. The van der Waals surface area contributed by atoms with E-state index in [-0.39, 0.29) is 31.0 Å². The third kappa shape index (κ3) is 5.63. The Hall–Kier alpha value is -1.75. The van der Waals surface area contributed by atoms with Gasteiger partial charge >= 0.3 is 0 Å². The summed E-state index contributed by atoms with van der Waals surface area (Å²) in [5.74, 6) is 0.638. The minimum atomic E-state index is -0.118. The van der Waals surface area contributed by atoms with Crippen LogP contribution in [0.4, 0.5) is 0 Å². The van der Waals surface area contributed by atoms with Crippen molar-refractivity contribution in [3.05, 3.63) is 64.2 Å². The van der Waals surface area contributed by atoms with E-state index in [1.807, 2.05) is 56.3 Å². The lowest BCUT2D eigenvalue weighted by Crippen LogP contribution is -2.38. The van der Waals surface area contributed by atoms with Crippen LogP contribution in [0.5, 0.6) is 5.75 Å². The molecular formula is C22H28Cl2N2O2. The van der Waals surface area contributed by atoms with Gasteiger partial charge in [-0.2, -0.15) is 0 Å². The van der Waals surface area contributed by atoms with Gasteiger partial charge in [-0.1, -0.05) is 41.9 Å². The second-order valence-electron chi connectivity index (χ2n) is 7.07. The molecule has 1 aliphatic rings. The zero-order chi connectivity index (χ0) is 19.2. The smallest absolute Gasteiger partial charge is 0.258 e. The summed E-state index contributed by atoms with van der Waals surface area (Å²) in [7, 11) is 0.